The van der Waals surface area contributed by atoms with Gasteiger partial charge in [-0.05, 0) is 78.1 Å². The van der Waals surface area contributed by atoms with Crippen LogP contribution in [-0.4, -0.2) is 47.3 Å². The molecular weight excluding hydrogens is 368 g/mol. The van der Waals surface area contributed by atoms with E-state index >= 15 is 0 Å². The van der Waals surface area contributed by atoms with Gasteiger partial charge in [0, 0.05) is 47.3 Å². The maximum atomic E-state index is 4.00. The lowest BCUT2D eigenvalue weighted by Gasteiger charge is -2.54. The van der Waals surface area contributed by atoms with E-state index in [9.17, 15) is 0 Å². The molecule has 2 saturated heterocycles. The van der Waals surface area contributed by atoms with E-state index in [0.29, 0.717) is 23.9 Å². The van der Waals surface area contributed by atoms with Gasteiger partial charge in [0.2, 0.25) is 0 Å². The highest BCUT2D eigenvalue weighted by molar-refractivity contribution is 5.07. The second-order valence-electron chi connectivity index (χ2n) is 11.7. The van der Waals surface area contributed by atoms with Crippen LogP contribution in [0.4, 0.5) is 0 Å². The molecule has 8 unspecified atom stereocenters. The van der Waals surface area contributed by atoms with Gasteiger partial charge in [0.05, 0.1) is 0 Å². The maximum absolute atomic E-state index is 4.00. The van der Waals surface area contributed by atoms with E-state index in [-0.39, 0.29) is 22.2 Å². The molecule has 30 heavy (non-hydrogen) atoms. The topological polar surface area (TPSA) is 48.1 Å². The van der Waals surface area contributed by atoms with Crippen LogP contribution in [0.25, 0.3) is 0 Å². The van der Waals surface area contributed by atoms with Crippen LogP contribution in [0, 0.1) is 11.8 Å². The minimum Gasteiger partial charge on any atom is -0.312 e. The Hall–Kier alpha value is -0.160. The highest BCUT2D eigenvalue weighted by atomic mass is 15.1. The summed E-state index contributed by atoms with van der Waals surface area (Å²) in [5, 5.41) is 15.9. The molecule has 8 atom stereocenters. The van der Waals surface area contributed by atoms with Gasteiger partial charge >= 0.3 is 0 Å². The summed E-state index contributed by atoms with van der Waals surface area (Å²) in [5.74, 6) is 1.26. The fourth-order valence-corrected chi connectivity index (χ4v) is 6.22. The van der Waals surface area contributed by atoms with Gasteiger partial charge in [0.25, 0.3) is 0 Å². The molecule has 4 N–H and O–H groups in total. The molecule has 4 nitrogen and oxygen atoms in total. The van der Waals surface area contributed by atoms with Gasteiger partial charge in [0.1, 0.15) is 0 Å². The van der Waals surface area contributed by atoms with Gasteiger partial charge in [-0.3, -0.25) is 0 Å². The van der Waals surface area contributed by atoms with Crippen molar-refractivity contribution in [3.8, 4) is 0 Å². The van der Waals surface area contributed by atoms with Crippen molar-refractivity contribution in [3.05, 3.63) is 0 Å². The Morgan fingerprint density at radius 1 is 0.633 bits per heavy atom. The number of hydrogen-bond acceptors (Lipinski definition) is 4. The Bertz CT molecular complexity index is 505. The van der Waals surface area contributed by atoms with Crippen molar-refractivity contribution in [3.63, 3.8) is 0 Å². The summed E-state index contributed by atoms with van der Waals surface area (Å²) >= 11 is 0. The SMILES string of the molecule is CCC1(C)CC(NCCNC2CC(C)(CC)NC(C)(CC)C2C)C(C)C(C)(CC)N1. The predicted molar refractivity (Wildman–Crippen MR) is 132 cm³/mol. The third-order valence-electron chi connectivity index (χ3n) is 9.70. The van der Waals surface area contributed by atoms with Crippen LogP contribution in [0.1, 0.15) is 108 Å². The summed E-state index contributed by atoms with van der Waals surface area (Å²) in [7, 11) is 0. The standard InChI is InChI=1S/C26H54N4/c1-11-23(7)17-21(19(5)25(9,13-3)29-23)27-15-16-28-22-18-24(8,12-2)30-26(10,14-4)20(22)6/h19-22,27-30H,11-18H2,1-10H3. The lowest BCUT2D eigenvalue weighted by molar-refractivity contribution is 0.0531. The van der Waals surface area contributed by atoms with Gasteiger partial charge in [-0.25, -0.2) is 0 Å². The Labute approximate surface area is 188 Å². The van der Waals surface area contributed by atoms with Crippen LogP contribution in [0.3, 0.4) is 0 Å². The zero-order valence-corrected chi connectivity index (χ0v) is 22.0. The molecule has 0 amide bonds. The second kappa shape index (κ2) is 9.77. The smallest absolute Gasteiger partial charge is 0.0196 e. The Kier molecular flexibility index (Phi) is 8.50. The Balaban J connectivity index is 1.96. The molecule has 0 aromatic rings. The first-order chi connectivity index (χ1) is 13.9. The first-order valence-corrected chi connectivity index (χ1v) is 12.9. The molecule has 2 aliphatic heterocycles. The van der Waals surface area contributed by atoms with Crippen LogP contribution in [0.2, 0.25) is 0 Å². The lowest BCUT2D eigenvalue weighted by atomic mass is 9.69. The molecular formula is C26H54N4. The molecule has 2 heterocycles. The molecule has 2 fully saturated rings. The Morgan fingerprint density at radius 3 is 1.23 bits per heavy atom. The van der Waals surface area contributed by atoms with Crippen molar-refractivity contribution < 1.29 is 0 Å². The van der Waals surface area contributed by atoms with Gasteiger partial charge in [-0.2, -0.15) is 0 Å². The third-order valence-corrected chi connectivity index (χ3v) is 9.70. The summed E-state index contributed by atoms with van der Waals surface area (Å²) in [6.07, 6.45) is 7.15. The summed E-state index contributed by atoms with van der Waals surface area (Å²) < 4.78 is 0. The molecule has 2 aliphatic rings. The van der Waals surface area contributed by atoms with Crippen LogP contribution < -0.4 is 21.3 Å². The van der Waals surface area contributed by atoms with E-state index in [1.807, 2.05) is 0 Å². The van der Waals surface area contributed by atoms with Crippen LogP contribution in [0.5, 0.6) is 0 Å². The van der Waals surface area contributed by atoms with Crippen molar-refractivity contribution in [1.82, 2.24) is 21.3 Å². The molecule has 0 aromatic carbocycles. The molecule has 178 valence electrons. The van der Waals surface area contributed by atoms with Gasteiger partial charge in [-0.15, -0.1) is 0 Å². The third kappa shape index (κ3) is 5.42. The first-order valence-electron chi connectivity index (χ1n) is 12.9. The van der Waals surface area contributed by atoms with Crippen molar-refractivity contribution in [2.24, 2.45) is 11.8 Å². The van der Waals surface area contributed by atoms with Gasteiger partial charge < -0.3 is 21.3 Å². The summed E-state index contributed by atoms with van der Waals surface area (Å²) in [4.78, 5) is 0. The van der Waals surface area contributed by atoms with E-state index < -0.39 is 0 Å². The summed E-state index contributed by atoms with van der Waals surface area (Å²) in [6, 6.07) is 1.16. The van der Waals surface area contributed by atoms with Crippen molar-refractivity contribution in [1.29, 1.82) is 0 Å². The minimum absolute atomic E-state index is 0.212. The molecule has 2 rings (SSSR count). The quantitative estimate of drug-likeness (QED) is 0.402. The Morgan fingerprint density at radius 2 is 0.967 bits per heavy atom. The average Bonchev–Trinajstić information content (AvgIpc) is 2.72. The van der Waals surface area contributed by atoms with Crippen molar-refractivity contribution >= 4 is 0 Å². The highest BCUT2D eigenvalue weighted by Crippen LogP contribution is 2.38. The molecule has 0 spiro atoms. The van der Waals surface area contributed by atoms with E-state index in [4.69, 9.17) is 0 Å². The summed E-state index contributed by atoms with van der Waals surface area (Å²) in [6.45, 7) is 26.0. The van der Waals surface area contributed by atoms with E-state index in [2.05, 4.69) is 90.5 Å². The van der Waals surface area contributed by atoms with Gasteiger partial charge in [-0.1, -0.05) is 41.5 Å². The molecule has 4 heteroatoms. The minimum atomic E-state index is 0.212. The fraction of sp³-hybridized carbons (Fsp3) is 1.00. The zero-order valence-electron chi connectivity index (χ0n) is 22.0. The lowest BCUT2D eigenvalue weighted by Crippen LogP contribution is -2.69. The van der Waals surface area contributed by atoms with Crippen LogP contribution >= 0.6 is 0 Å². The summed E-state index contributed by atoms with van der Waals surface area (Å²) in [5.41, 5.74) is 0.892. The average molecular weight is 423 g/mol. The largest absolute Gasteiger partial charge is 0.312 e. The van der Waals surface area contributed by atoms with Gasteiger partial charge in [0.15, 0.2) is 0 Å². The van der Waals surface area contributed by atoms with E-state index in [1.54, 1.807) is 0 Å². The molecule has 0 aliphatic carbocycles. The molecule has 0 radical (unpaired) electrons. The normalized spacial score (nSPS) is 47.4. The molecule has 0 saturated carbocycles. The highest BCUT2D eigenvalue weighted by Gasteiger charge is 2.47. The van der Waals surface area contributed by atoms with Crippen molar-refractivity contribution in [2.45, 2.75) is 142 Å². The van der Waals surface area contributed by atoms with E-state index in [1.165, 1.54) is 38.5 Å². The number of nitrogens with one attached hydrogen (secondary N) is 4. The van der Waals surface area contributed by atoms with E-state index in [0.717, 1.165) is 13.1 Å². The zero-order chi connectivity index (χ0) is 22.8. The molecule has 0 bridgehead atoms. The number of hydrogen-bond donors (Lipinski definition) is 4. The first kappa shape index (κ1) is 26.1. The maximum Gasteiger partial charge on any atom is 0.0196 e. The van der Waals surface area contributed by atoms with Crippen LogP contribution in [0.15, 0.2) is 0 Å². The van der Waals surface area contributed by atoms with Crippen LogP contribution in [-0.2, 0) is 0 Å². The molecule has 0 aromatic heterocycles. The number of rotatable bonds is 9. The van der Waals surface area contributed by atoms with Crippen molar-refractivity contribution in [2.75, 3.05) is 13.1 Å². The second-order valence-corrected chi connectivity index (χ2v) is 11.7. The monoisotopic (exact) mass is 422 g/mol. The number of piperidine rings is 2. The predicted octanol–water partition coefficient (Wildman–Crippen LogP) is 4.84. The fourth-order valence-electron chi connectivity index (χ4n) is 6.22.